The van der Waals surface area contributed by atoms with Crippen LogP contribution >= 0.6 is 0 Å². The Morgan fingerprint density at radius 3 is 1.51 bits per heavy atom. The van der Waals surface area contributed by atoms with Crippen molar-refractivity contribution in [2.24, 2.45) is 17.8 Å². The number of likely N-dealkylation sites (N-methyl/N-ethyl adjacent to an activating group) is 3. The summed E-state index contributed by atoms with van der Waals surface area (Å²) in [5.41, 5.74) is 4.63. The Morgan fingerprint density at radius 2 is 1.07 bits per heavy atom. The van der Waals surface area contributed by atoms with Crippen LogP contribution in [0.25, 0.3) is 0 Å². The van der Waals surface area contributed by atoms with Gasteiger partial charge in [-0.3, -0.25) is 24.1 Å². The van der Waals surface area contributed by atoms with Gasteiger partial charge in [0.15, 0.2) is 11.9 Å². The highest BCUT2D eigenvalue weighted by atomic mass is 16.5. The highest BCUT2D eigenvalue weighted by Crippen LogP contribution is 2.26. The molecule has 0 fully saturated rings. The van der Waals surface area contributed by atoms with Gasteiger partial charge in [-0.1, -0.05) is 99.5 Å². The summed E-state index contributed by atoms with van der Waals surface area (Å²) < 4.78 is 11.2. The number of carbonyl (C=O) groups is 5. The van der Waals surface area contributed by atoms with Gasteiger partial charge in [0, 0.05) is 45.2 Å². The molecule has 0 radical (unpaired) electrons. The first-order valence-corrected chi connectivity index (χ1v) is 19.8. The number of hydrogen-bond donors (Lipinski definition) is 1. The molecule has 0 bridgehead atoms. The summed E-state index contributed by atoms with van der Waals surface area (Å²) in [5, 5.41) is 9.95. The first kappa shape index (κ1) is 46.4. The Kier molecular flexibility index (Phi) is 17.5. The molecule has 0 saturated carbocycles. The number of hydrogen-bond acceptors (Lipinski definition) is 9. The number of amides is 2. The summed E-state index contributed by atoms with van der Waals surface area (Å²) in [6.07, 6.45) is -0.0562. The minimum absolute atomic E-state index is 0.0500. The van der Waals surface area contributed by atoms with Gasteiger partial charge in [-0.05, 0) is 75.5 Å². The second-order valence-corrected chi connectivity index (χ2v) is 15.9. The molecule has 3 aromatic rings. The molecule has 310 valence electrons. The highest BCUT2D eigenvalue weighted by Gasteiger charge is 2.40. The molecule has 0 unspecified atom stereocenters. The molecule has 2 amide bonds. The lowest BCUT2D eigenvalue weighted by Gasteiger charge is -2.36. The van der Waals surface area contributed by atoms with Gasteiger partial charge in [0.1, 0.15) is 23.9 Å². The van der Waals surface area contributed by atoms with Crippen molar-refractivity contribution in [3.05, 3.63) is 101 Å². The van der Waals surface area contributed by atoms with Gasteiger partial charge in [0.05, 0.1) is 7.11 Å². The van der Waals surface area contributed by atoms with E-state index < -0.39 is 53.9 Å². The number of carbonyl (C=O) groups excluding carboxylic acids is 5. The zero-order valence-electron chi connectivity index (χ0n) is 35.7. The quantitative estimate of drug-likeness (QED) is 0.137. The molecule has 3 rings (SSSR count). The van der Waals surface area contributed by atoms with E-state index in [2.05, 4.69) is 0 Å². The van der Waals surface area contributed by atoms with Crippen molar-refractivity contribution < 1.29 is 38.6 Å². The Hall–Kier alpha value is -5.03. The van der Waals surface area contributed by atoms with Gasteiger partial charge in [-0.2, -0.15) is 0 Å². The number of methoxy groups -OCH3 is 1. The van der Waals surface area contributed by atoms with E-state index in [1.54, 1.807) is 31.1 Å². The smallest absolute Gasteiger partial charge is 0.328 e. The van der Waals surface area contributed by atoms with Gasteiger partial charge in [0.25, 0.3) is 0 Å². The number of ketones is 1. The van der Waals surface area contributed by atoms with Gasteiger partial charge in [-0.15, -0.1) is 0 Å². The van der Waals surface area contributed by atoms with Crippen molar-refractivity contribution >= 4 is 29.5 Å². The second kappa shape index (κ2) is 21.5. The number of benzene rings is 3. The van der Waals surface area contributed by atoms with E-state index in [9.17, 15) is 29.1 Å². The molecule has 0 aliphatic carbocycles. The average Bonchev–Trinajstić information content (AvgIpc) is 3.19. The van der Waals surface area contributed by atoms with E-state index in [0.717, 1.165) is 22.3 Å². The second-order valence-electron chi connectivity index (χ2n) is 15.9. The number of esters is 2. The number of Topliss-reactive ketones (excluding diaryl/α,β-unsaturated/α-hetero) is 1. The maximum Gasteiger partial charge on any atom is 0.328 e. The molecular weight excluding hydrogens is 723 g/mol. The zero-order chi connectivity index (χ0) is 42.6. The third kappa shape index (κ3) is 13.0. The van der Waals surface area contributed by atoms with Crippen LogP contribution in [-0.4, -0.2) is 109 Å². The Bertz CT molecular complexity index is 1790. The van der Waals surface area contributed by atoms with Gasteiger partial charge < -0.3 is 24.4 Å². The predicted molar refractivity (Wildman–Crippen MR) is 221 cm³/mol. The van der Waals surface area contributed by atoms with E-state index >= 15 is 0 Å². The molecule has 11 heteroatoms. The summed E-state index contributed by atoms with van der Waals surface area (Å²) >= 11 is 0. The standard InChI is InChI=1S/C46H63N3O8/c1-12-32(6)42(57-46(55)39(47(7)8)26-33-17-13-30(4)14-18-33)41(51)28-37(29(2)3)43(52)48(9)38(25-35-21-23-36(50)24-22-35)44(53)49(10)40(45(54)56-11)27-34-19-15-31(5)16-20-34/h13-24,29,32,37-40,42,50H,12,25-28H2,1-11H3/t32-,37-,38+,39+,40-,42-/m1/s1. The first-order valence-electron chi connectivity index (χ1n) is 19.8. The molecule has 3 aromatic carbocycles. The molecular formula is C46H63N3O8. The number of rotatable bonds is 20. The summed E-state index contributed by atoms with van der Waals surface area (Å²) in [6.45, 7) is 11.4. The zero-order valence-corrected chi connectivity index (χ0v) is 35.7. The lowest BCUT2D eigenvalue weighted by atomic mass is 9.85. The van der Waals surface area contributed by atoms with E-state index in [4.69, 9.17) is 9.47 Å². The van der Waals surface area contributed by atoms with Crippen LogP contribution < -0.4 is 0 Å². The Morgan fingerprint density at radius 1 is 0.632 bits per heavy atom. The summed E-state index contributed by atoms with van der Waals surface area (Å²) in [7, 11) is 7.92. The largest absolute Gasteiger partial charge is 0.508 e. The summed E-state index contributed by atoms with van der Waals surface area (Å²) in [4.78, 5) is 74.7. The summed E-state index contributed by atoms with van der Waals surface area (Å²) in [5.74, 6) is -3.85. The van der Waals surface area contributed by atoms with Crippen LogP contribution in [0, 0.1) is 31.6 Å². The number of nitrogens with zero attached hydrogens (tertiary/aromatic N) is 3. The van der Waals surface area contributed by atoms with Crippen LogP contribution in [0.5, 0.6) is 5.75 Å². The Labute approximate surface area is 339 Å². The van der Waals surface area contributed by atoms with Crippen LogP contribution in [0.15, 0.2) is 72.8 Å². The van der Waals surface area contributed by atoms with Crippen molar-refractivity contribution in [1.29, 1.82) is 0 Å². The number of ether oxygens (including phenoxy) is 2. The molecule has 6 atom stereocenters. The lowest BCUT2D eigenvalue weighted by Crippen LogP contribution is -2.55. The molecule has 0 saturated heterocycles. The predicted octanol–water partition coefficient (Wildman–Crippen LogP) is 5.98. The fourth-order valence-corrected chi connectivity index (χ4v) is 6.79. The topological polar surface area (TPSA) is 134 Å². The maximum atomic E-state index is 14.6. The monoisotopic (exact) mass is 785 g/mol. The first-order chi connectivity index (χ1) is 26.9. The fourth-order valence-electron chi connectivity index (χ4n) is 6.79. The molecule has 0 spiro atoms. The molecule has 1 N–H and O–H groups in total. The molecule has 0 aromatic heterocycles. The third-order valence-corrected chi connectivity index (χ3v) is 11.0. The van der Waals surface area contributed by atoms with Crippen molar-refractivity contribution in [2.45, 2.75) is 97.9 Å². The van der Waals surface area contributed by atoms with Crippen LogP contribution in [0.2, 0.25) is 0 Å². The number of phenolic OH excluding ortho intramolecular Hbond substituents is 1. The van der Waals surface area contributed by atoms with Crippen molar-refractivity contribution in [3.63, 3.8) is 0 Å². The van der Waals surface area contributed by atoms with E-state index in [-0.39, 0.29) is 42.6 Å². The molecule has 57 heavy (non-hydrogen) atoms. The Balaban J connectivity index is 1.93. The van der Waals surface area contributed by atoms with Crippen LogP contribution in [-0.2, 0) is 52.7 Å². The fraction of sp³-hybridized carbons (Fsp3) is 0.500. The minimum atomic E-state index is -1.08. The van der Waals surface area contributed by atoms with Crippen LogP contribution in [0.3, 0.4) is 0 Å². The van der Waals surface area contributed by atoms with Gasteiger partial charge in [0.2, 0.25) is 11.8 Å². The highest BCUT2D eigenvalue weighted by molar-refractivity contribution is 5.94. The maximum absolute atomic E-state index is 14.6. The van der Waals surface area contributed by atoms with Gasteiger partial charge in [-0.25, -0.2) is 4.79 Å². The van der Waals surface area contributed by atoms with Crippen molar-refractivity contribution in [3.8, 4) is 5.75 Å². The van der Waals surface area contributed by atoms with E-state index in [1.807, 2.05) is 90.1 Å². The molecule has 0 aliphatic rings. The number of aromatic hydroxyl groups is 1. The van der Waals surface area contributed by atoms with E-state index in [1.165, 1.54) is 43.1 Å². The van der Waals surface area contributed by atoms with E-state index in [0.29, 0.717) is 18.4 Å². The van der Waals surface area contributed by atoms with Crippen molar-refractivity contribution in [1.82, 2.24) is 14.7 Å². The molecule has 0 aliphatic heterocycles. The average molecular weight is 786 g/mol. The summed E-state index contributed by atoms with van der Waals surface area (Å²) in [6, 6.07) is 19.2. The normalized spacial score (nSPS) is 14.5. The minimum Gasteiger partial charge on any atom is -0.508 e. The molecule has 0 heterocycles. The van der Waals surface area contributed by atoms with Crippen LogP contribution in [0.4, 0.5) is 0 Å². The molecule has 11 nitrogen and oxygen atoms in total. The number of phenols is 1. The number of aryl methyl sites for hydroxylation is 2. The lowest BCUT2D eigenvalue weighted by molar-refractivity contribution is -0.163. The van der Waals surface area contributed by atoms with Crippen molar-refractivity contribution in [2.75, 3.05) is 35.3 Å². The van der Waals surface area contributed by atoms with Gasteiger partial charge >= 0.3 is 11.9 Å². The third-order valence-electron chi connectivity index (χ3n) is 11.0. The van der Waals surface area contributed by atoms with Crippen LogP contribution in [0.1, 0.15) is 68.4 Å². The SMILES string of the molecule is CC[C@@H](C)[C@@H](OC(=O)[C@H](Cc1ccc(C)cc1)N(C)C)C(=O)C[C@@H](C(=O)N(C)[C@@H](Cc1ccc(O)cc1)C(=O)N(C)[C@H](Cc1ccc(C)cc1)C(=O)OC)C(C)C.